The highest BCUT2D eigenvalue weighted by Crippen LogP contribution is 2.17. The Hall–Kier alpha value is -2.67. The summed E-state index contributed by atoms with van der Waals surface area (Å²) in [6.07, 6.45) is 1.31. The molecular formula is C14H14N2O5. The SMILES string of the molecule is COC(=O)c1coc(CNCc2ccccc2[N+](=O)[O-])c1. The zero-order chi connectivity index (χ0) is 15.2. The van der Waals surface area contributed by atoms with E-state index < -0.39 is 10.9 Å². The molecule has 1 aromatic carbocycles. The first-order chi connectivity index (χ1) is 10.1. The van der Waals surface area contributed by atoms with E-state index in [4.69, 9.17) is 4.42 Å². The van der Waals surface area contributed by atoms with Crippen molar-refractivity contribution in [1.29, 1.82) is 0 Å². The average molecular weight is 290 g/mol. The number of hydrogen-bond donors (Lipinski definition) is 1. The molecule has 1 heterocycles. The second kappa shape index (κ2) is 6.67. The number of nitrogens with zero attached hydrogens (tertiary/aromatic N) is 1. The molecule has 7 nitrogen and oxygen atoms in total. The number of rotatable bonds is 6. The van der Waals surface area contributed by atoms with E-state index >= 15 is 0 Å². The Morgan fingerprint density at radius 2 is 2.14 bits per heavy atom. The fraction of sp³-hybridized carbons (Fsp3) is 0.214. The molecule has 0 fully saturated rings. The predicted molar refractivity (Wildman–Crippen MR) is 73.7 cm³/mol. The van der Waals surface area contributed by atoms with Crippen LogP contribution in [-0.2, 0) is 17.8 Å². The molecule has 0 bridgehead atoms. The first-order valence-corrected chi connectivity index (χ1v) is 6.20. The minimum atomic E-state index is -0.469. The lowest BCUT2D eigenvalue weighted by Gasteiger charge is -2.03. The van der Waals surface area contributed by atoms with Crippen LogP contribution in [0.3, 0.4) is 0 Å². The molecule has 0 radical (unpaired) electrons. The maximum atomic E-state index is 11.3. The van der Waals surface area contributed by atoms with Gasteiger partial charge in [0.25, 0.3) is 5.69 Å². The largest absolute Gasteiger partial charge is 0.467 e. The third-order valence-corrected chi connectivity index (χ3v) is 2.88. The quantitative estimate of drug-likeness (QED) is 0.498. The molecule has 0 atom stereocenters. The molecule has 0 spiro atoms. The number of nitro benzene ring substituents is 1. The normalized spacial score (nSPS) is 10.3. The summed E-state index contributed by atoms with van der Waals surface area (Å²) >= 11 is 0. The molecule has 7 heteroatoms. The van der Waals surface area contributed by atoms with Crippen molar-refractivity contribution in [2.75, 3.05) is 7.11 Å². The number of benzene rings is 1. The van der Waals surface area contributed by atoms with E-state index in [1.54, 1.807) is 24.3 Å². The van der Waals surface area contributed by atoms with Crippen LogP contribution in [0.15, 0.2) is 41.0 Å². The summed E-state index contributed by atoms with van der Waals surface area (Å²) in [5.41, 5.74) is 0.988. The summed E-state index contributed by atoms with van der Waals surface area (Å²) in [6.45, 7) is 0.675. The van der Waals surface area contributed by atoms with Gasteiger partial charge in [-0.25, -0.2) is 4.79 Å². The monoisotopic (exact) mass is 290 g/mol. The molecule has 0 aliphatic carbocycles. The van der Waals surface area contributed by atoms with E-state index in [1.165, 1.54) is 19.4 Å². The van der Waals surface area contributed by atoms with E-state index in [0.717, 1.165) is 0 Å². The van der Waals surface area contributed by atoms with Crippen molar-refractivity contribution in [2.45, 2.75) is 13.1 Å². The van der Waals surface area contributed by atoms with Crippen molar-refractivity contribution in [3.63, 3.8) is 0 Å². The van der Waals surface area contributed by atoms with Crippen LogP contribution in [0.25, 0.3) is 0 Å². The molecule has 110 valence electrons. The maximum absolute atomic E-state index is 11.3. The molecule has 0 saturated carbocycles. The van der Waals surface area contributed by atoms with Gasteiger partial charge in [-0.15, -0.1) is 0 Å². The lowest BCUT2D eigenvalue weighted by atomic mass is 10.2. The van der Waals surface area contributed by atoms with Gasteiger partial charge in [0.05, 0.1) is 24.1 Å². The smallest absolute Gasteiger partial charge is 0.341 e. The summed E-state index contributed by atoms with van der Waals surface area (Å²) in [5, 5.41) is 13.9. The number of furan rings is 1. The second-order valence-electron chi connectivity index (χ2n) is 4.28. The Kier molecular flexibility index (Phi) is 4.68. The van der Waals surface area contributed by atoms with E-state index in [2.05, 4.69) is 10.1 Å². The highest BCUT2D eigenvalue weighted by molar-refractivity contribution is 5.88. The van der Waals surface area contributed by atoms with Crippen LogP contribution in [-0.4, -0.2) is 18.0 Å². The van der Waals surface area contributed by atoms with E-state index in [9.17, 15) is 14.9 Å². The van der Waals surface area contributed by atoms with Crippen LogP contribution in [0.4, 0.5) is 5.69 Å². The Bertz CT molecular complexity index is 650. The predicted octanol–water partition coefficient (Wildman–Crippen LogP) is 2.26. The number of ether oxygens (including phenoxy) is 1. The molecule has 1 N–H and O–H groups in total. The fourth-order valence-electron chi connectivity index (χ4n) is 1.86. The Morgan fingerprint density at radius 3 is 2.86 bits per heavy atom. The van der Waals surface area contributed by atoms with Crippen LogP contribution in [0, 0.1) is 10.1 Å². The highest BCUT2D eigenvalue weighted by Gasteiger charge is 2.13. The molecule has 0 aliphatic heterocycles. The second-order valence-corrected chi connectivity index (χ2v) is 4.28. The lowest BCUT2D eigenvalue weighted by Crippen LogP contribution is -2.13. The third kappa shape index (κ3) is 3.67. The molecule has 21 heavy (non-hydrogen) atoms. The van der Waals surface area contributed by atoms with Crippen LogP contribution in [0.2, 0.25) is 0 Å². The number of hydrogen-bond acceptors (Lipinski definition) is 6. The fourth-order valence-corrected chi connectivity index (χ4v) is 1.86. The third-order valence-electron chi connectivity index (χ3n) is 2.88. The van der Waals surface area contributed by atoms with Gasteiger partial charge >= 0.3 is 5.97 Å². The van der Waals surface area contributed by atoms with Crippen molar-refractivity contribution < 1.29 is 18.9 Å². The summed E-state index contributed by atoms with van der Waals surface area (Å²) in [4.78, 5) is 21.7. The molecule has 0 saturated heterocycles. The van der Waals surface area contributed by atoms with Crippen molar-refractivity contribution in [3.05, 3.63) is 63.6 Å². The first-order valence-electron chi connectivity index (χ1n) is 6.20. The van der Waals surface area contributed by atoms with Gasteiger partial charge in [0.15, 0.2) is 0 Å². The zero-order valence-corrected chi connectivity index (χ0v) is 11.4. The summed E-state index contributed by atoms with van der Waals surface area (Å²) in [7, 11) is 1.29. The molecule has 0 aliphatic rings. The molecule has 0 unspecified atom stereocenters. The summed E-state index contributed by atoms with van der Waals surface area (Å²) in [6, 6.07) is 8.08. The maximum Gasteiger partial charge on any atom is 0.341 e. The van der Waals surface area contributed by atoms with Crippen LogP contribution < -0.4 is 5.32 Å². The molecular weight excluding hydrogens is 276 g/mol. The van der Waals surface area contributed by atoms with Crippen LogP contribution in [0.1, 0.15) is 21.7 Å². The number of nitrogens with one attached hydrogen (secondary N) is 1. The molecule has 2 aromatic rings. The van der Waals surface area contributed by atoms with E-state index in [-0.39, 0.29) is 5.69 Å². The van der Waals surface area contributed by atoms with Crippen molar-refractivity contribution in [2.24, 2.45) is 0 Å². The van der Waals surface area contributed by atoms with Crippen molar-refractivity contribution in [3.8, 4) is 0 Å². The van der Waals surface area contributed by atoms with E-state index in [1.807, 2.05) is 0 Å². The number of carbonyl (C=O) groups excluding carboxylic acids is 1. The number of nitro groups is 1. The number of methoxy groups -OCH3 is 1. The Labute approximate surface area is 120 Å². The van der Waals surface area contributed by atoms with Crippen molar-refractivity contribution in [1.82, 2.24) is 5.32 Å². The van der Waals surface area contributed by atoms with Crippen LogP contribution in [0.5, 0.6) is 0 Å². The minimum Gasteiger partial charge on any atom is -0.467 e. The van der Waals surface area contributed by atoms with Crippen molar-refractivity contribution >= 4 is 11.7 Å². The first kappa shape index (κ1) is 14.7. The van der Waals surface area contributed by atoms with Gasteiger partial charge in [-0.1, -0.05) is 18.2 Å². The van der Waals surface area contributed by atoms with Gasteiger partial charge in [-0.3, -0.25) is 10.1 Å². The molecule has 1 aromatic heterocycles. The summed E-state index contributed by atoms with van der Waals surface area (Å²) < 4.78 is 9.78. The number of carbonyl (C=O) groups is 1. The average Bonchev–Trinajstić information content (AvgIpc) is 2.95. The van der Waals surface area contributed by atoms with Gasteiger partial charge in [0.1, 0.15) is 12.0 Å². The highest BCUT2D eigenvalue weighted by atomic mass is 16.6. The molecule has 2 rings (SSSR count). The van der Waals surface area contributed by atoms with E-state index in [0.29, 0.717) is 30.0 Å². The van der Waals surface area contributed by atoms with Gasteiger partial charge in [0, 0.05) is 18.2 Å². The number of para-hydroxylation sites is 1. The summed E-state index contributed by atoms with van der Waals surface area (Å²) in [5.74, 6) is 0.0812. The Balaban J connectivity index is 1.94. The van der Waals surface area contributed by atoms with Crippen LogP contribution >= 0.6 is 0 Å². The number of esters is 1. The lowest BCUT2D eigenvalue weighted by molar-refractivity contribution is -0.385. The van der Waals surface area contributed by atoms with Gasteiger partial charge in [0.2, 0.25) is 0 Å². The standard InChI is InChI=1S/C14H14N2O5/c1-20-14(17)11-6-12(21-9-11)8-15-7-10-4-2-3-5-13(10)16(18)19/h2-6,9,15H,7-8H2,1H3. The van der Waals surface area contributed by atoms with Gasteiger partial charge < -0.3 is 14.5 Å². The van der Waals surface area contributed by atoms with Gasteiger partial charge in [-0.2, -0.15) is 0 Å². The molecule has 0 amide bonds. The zero-order valence-electron chi connectivity index (χ0n) is 11.4. The van der Waals surface area contributed by atoms with Gasteiger partial charge in [-0.05, 0) is 6.07 Å². The minimum absolute atomic E-state index is 0.0692. The topological polar surface area (TPSA) is 94.6 Å². The Morgan fingerprint density at radius 1 is 1.38 bits per heavy atom.